The molecule has 1 saturated carbocycles. The third kappa shape index (κ3) is 1.68. The van der Waals surface area contributed by atoms with Gasteiger partial charge in [0.05, 0.1) is 12.6 Å². The first-order valence-electron chi connectivity index (χ1n) is 7.48. The van der Waals surface area contributed by atoms with E-state index in [-0.39, 0.29) is 23.5 Å². The topological polar surface area (TPSA) is 66.2 Å². The van der Waals surface area contributed by atoms with Crippen molar-refractivity contribution in [2.75, 3.05) is 6.54 Å². The van der Waals surface area contributed by atoms with Crippen molar-refractivity contribution < 1.29 is 9.53 Å². The molecule has 0 aromatic carbocycles. The van der Waals surface area contributed by atoms with Crippen LogP contribution < -0.4 is 4.74 Å². The number of rotatable bonds is 1. The second kappa shape index (κ2) is 4.20. The highest BCUT2D eigenvalue weighted by atomic mass is 16.5. The fourth-order valence-electron chi connectivity index (χ4n) is 3.75. The summed E-state index contributed by atoms with van der Waals surface area (Å²) in [6.07, 6.45) is 7.18. The highest BCUT2D eigenvalue weighted by Crippen LogP contribution is 2.49. The summed E-state index contributed by atoms with van der Waals surface area (Å²) in [6, 6.07) is 2.15. The van der Waals surface area contributed by atoms with Gasteiger partial charge in [-0.3, -0.25) is 9.78 Å². The molecule has 1 aromatic rings. The van der Waals surface area contributed by atoms with Crippen LogP contribution in [0.4, 0.5) is 0 Å². The van der Waals surface area contributed by atoms with Crippen molar-refractivity contribution in [2.24, 2.45) is 5.41 Å². The van der Waals surface area contributed by atoms with Gasteiger partial charge in [-0.25, -0.2) is 0 Å². The van der Waals surface area contributed by atoms with Crippen LogP contribution in [0.15, 0.2) is 12.4 Å². The van der Waals surface area contributed by atoms with E-state index in [1.807, 2.05) is 4.90 Å². The van der Waals surface area contributed by atoms with Gasteiger partial charge in [0.15, 0.2) is 0 Å². The van der Waals surface area contributed by atoms with Crippen LogP contribution in [0, 0.1) is 16.7 Å². The minimum Gasteiger partial charge on any atom is -0.487 e. The van der Waals surface area contributed by atoms with Crippen LogP contribution in [0.25, 0.3) is 0 Å². The van der Waals surface area contributed by atoms with Gasteiger partial charge in [-0.15, -0.1) is 0 Å². The Bertz CT molecular complexity index is 660. The molecular weight excluding hydrogens is 266 g/mol. The molecule has 3 aliphatic rings. The molecule has 1 saturated heterocycles. The predicted molar refractivity (Wildman–Crippen MR) is 74.4 cm³/mol. The molecule has 3 heterocycles. The van der Waals surface area contributed by atoms with Crippen molar-refractivity contribution in [1.82, 2.24) is 9.88 Å². The Balaban J connectivity index is 1.72. The van der Waals surface area contributed by atoms with Gasteiger partial charge in [0.2, 0.25) is 5.91 Å². The molecule has 5 nitrogen and oxygen atoms in total. The van der Waals surface area contributed by atoms with Gasteiger partial charge < -0.3 is 9.64 Å². The molecule has 0 N–H and O–H groups in total. The molecule has 21 heavy (non-hydrogen) atoms. The molecular formula is C16H17N3O2. The Morgan fingerprint density at radius 1 is 1.52 bits per heavy atom. The third-order valence-electron chi connectivity index (χ3n) is 5.19. The van der Waals surface area contributed by atoms with Crippen LogP contribution in [0.1, 0.15) is 49.8 Å². The van der Waals surface area contributed by atoms with Gasteiger partial charge in [-0.1, -0.05) is 13.3 Å². The maximum absolute atomic E-state index is 12.8. The molecule has 2 aliphatic heterocycles. The Hall–Kier alpha value is -2.09. The van der Waals surface area contributed by atoms with E-state index in [1.165, 1.54) is 6.20 Å². The zero-order valence-electron chi connectivity index (χ0n) is 12.0. The summed E-state index contributed by atoms with van der Waals surface area (Å²) < 4.78 is 5.93. The highest BCUT2D eigenvalue weighted by Gasteiger charge is 2.49. The van der Waals surface area contributed by atoms with Crippen molar-refractivity contribution in [3.63, 3.8) is 0 Å². The molecule has 2 atom stereocenters. The van der Waals surface area contributed by atoms with Crippen molar-refractivity contribution in [1.29, 1.82) is 5.26 Å². The molecule has 5 heteroatoms. The lowest BCUT2D eigenvalue weighted by Crippen LogP contribution is -2.46. The van der Waals surface area contributed by atoms with E-state index in [1.54, 1.807) is 6.20 Å². The largest absolute Gasteiger partial charge is 0.487 e. The standard InChI is InChI=1S/C16H17N3O2/c1-16(3-2-4-16)15(20)19-9-11-5-13(19)12-8-18-7-10(6-17)14(12)21-11/h7-8,11,13H,2-5,9H2,1H3/t11-,13-/m0/s1. The highest BCUT2D eigenvalue weighted by molar-refractivity contribution is 5.84. The van der Waals surface area contributed by atoms with Crippen LogP contribution in [-0.2, 0) is 4.79 Å². The smallest absolute Gasteiger partial charge is 0.229 e. The molecule has 0 spiro atoms. The van der Waals surface area contributed by atoms with Crippen molar-refractivity contribution in [3.8, 4) is 11.8 Å². The van der Waals surface area contributed by atoms with Crippen LogP contribution in [0.2, 0.25) is 0 Å². The average Bonchev–Trinajstić information content (AvgIpc) is 2.81. The summed E-state index contributed by atoms with van der Waals surface area (Å²) in [5.41, 5.74) is 1.16. The zero-order chi connectivity index (χ0) is 14.6. The quantitative estimate of drug-likeness (QED) is 0.792. The number of nitriles is 1. The van der Waals surface area contributed by atoms with E-state index in [0.717, 1.165) is 31.2 Å². The first-order valence-corrected chi connectivity index (χ1v) is 7.48. The van der Waals surface area contributed by atoms with Gasteiger partial charge in [0.1, 0.15) is 23.5 Å². The number of amides is 1. The number of pyridine rings is 1. The summed E-state index contributed by atoms with van der Waals surface area (Å²) in [6.45, 7) is 2.69. The molecule has 1 aromatic heterocycles. The summed E-state index contributed by atoms with van der Waals surface area (Å²) in [4.78, 5) is 18.9. The van der Waals surface area contributed by atoms with Gasteiger partial charge in [-0.2, -0.15) is 5.26 Å². The monoisotopic (exact) mass is 283 g/mol. The third-order valence-corrected chi connectivity index (χ3v) is 5.19. The lowest BCUT2D eigenvalue weighted by atomic mass is 9.69. The molecule has 108 valence electrons. The normalized spacial score (nSPS) is 28.1. The van der Waals surface area contributed by atoms with Crippen LogP contribution in [0.5, 0.6) is 5.75 Å². The fraction of sp³-hybridized carbons (Fsp3) is 0.562. The number of carbonyl (C=O) groups excluding carboxylic acids is 1. The lowest BCUT2D eigenvalue weighted by Gasteiger charge is -2.41. The summed E-state index contributed by atoms with van der Waals surface area (Å²) >= 11 is 0. The Kier molecular flexibility index (Phi) is 2.53. The predicted octanol–water partition coefficient (Wildman–Crippen LogP) is 2.18. The number of carbonyl (C=O) groups is 1. The Morgan fingerprint density at radius 2 is 2.33 bits per heavy atom. The van der Waals surface area contributed by atoms with E-state index >= 15 is 0 Å². The molecule has 1 aliphatic carbocycles. The summed E-state index contributed by atoms with van der Waals surface area (Å²) in [5.74, 6) is 0.864. The molecule has 2 fully saturated rings. The van der Waals surface area contributed by atoms with Crippen LogP contribution in [0.3, 0.4) is 0 Å². The second-order valence-corrected chi connectivity index (χ2v) is 6.58. The maximum atomic E-state index is 12.8. The minimum atomic E-state index is -0.197. The number of nitrogens with zero attached hydrogens (tertiary/aromatic N) is 3. The van der Waals surface area contributed by atoms with Crippen molar-refractivity contribution in [2.45, 2.75) is 44.8 Å². The van der Waals surface area contributed by atoms with E-state index < -0.39 is 0 Å². The van der Waals surface area contributed by atoms with E-state index in [9.17, 15) is 10.1 Å². The Labute approximate surface area is 123 Å². The minimum absolute atomic E-state index is 0.00428. The average molecular weight is 283 g/mol. The van der Waals surface area contributed by atoms with Gasteiger partial charge in [0, 0.05) is 29.8 Å². The fourth-order valence-corrected chi connectivity index (χ4v) is 3.75. The van der Waals surface area contributed by atoms with Crippen molar-refractivity contribution >= 4 is 5.91 Å². The number of ether oxygens (including phenoxy) is 1. The van der Waals surface area contributed by atoms with Crippen molar-refractivity contribution in [3.05, 3.63) is 23.5 Å². The van der Waals surface area contributed by atoms with Gasteiger partial charge in [-0.05, 0) is 12.8 Å². The SMILES string of the molecule is CC1(C(=O)N2C[C@@H]3C[C@H]2c2cncc(C#N)c2O3)CCC1. The number of hydrogen-bond donors (Lipinski definition) is 0. The van der Waals surface area contributed by atoms with Crippen LogP contribution in [-0.4, -0.2) is 28.4 Å². The van der Waals surface area contributed by atoms with E-state index in [0.29, 0.717) is 17.9 Å². The first-order chi connectivity index (χ1) is 10.1. The molecule has 4 rings (SSSR count). The molecule has 0 unspecified atom stereocenters. The molecule has 1 amide bonds. The summed E-state index contributed by atoms with van der Waals surface area (Å²) in [5, 5.41) is 9.19. The molecule has 2 bridgehead atoms. The Morgan fingerprint density at radius 3 is 3.00 bits per heavy atom. The van der Waals surface area contributed by atoms with Gasteiger partial charge >= 0.3 is 0 Å². The number of hydrogen-bond acceptors (Lipinski definition) is 4. The zero-order valence-corrected chi connectivity index (χ0v) is 12.0. The number of fused-ring (bicyclic) bond motifs is 4. The van der Waals surface area contributed by atoms with E-state index in [4.69, 9.17) is 4.74 Å². The first kappa shape index (κ1) is 12.6. The number of likely N-dealkylation sites (tertiary alicyclic amines) is 1. The number of aromatic nitrogens is 1. The van der Waals surface area contributed by atoms with Gasteiger partial charge in [0.25, 0.3) is 0 Å². The second-order valence-electron chi connectivity index (χ2n) is 6.58. The van der Waals surface area contributed by atoms with Crippen LogP contribution >= 0.6 is 0 Å². The lowest BCUT2D eigenvalue weighted by molar-refractivity contribution is -0.147. The molecule has 0 radical (unpaired) electrons. The maximum Gasteiger partial charge on any atom is 0.229 e. The van der Waals surface area contributed by atoms with E-state index in [2.05, 4.69) is 18.0 Å². The summed E-state index contributed by atoms with van der Waals surface area (Å²) in [7, 11) is 0.